The van der Waals surface area contributed by atoms with Gasteiger partial charge >= 0.3 is 0 Å². The molecule has 0 atom stereocenters. The van der Waals surface area contributed by atoms with Crippen LogP contribution in [0.2, 0.25) is 4.34 Å². The van der Waals surface area contributed by atoms with Crippen LogP contribution in [0.1, 0.15) is 17.7 Å². The van der Waals surface area contributed by atoms with Crippen LogP contribution in [-0.2, 0) is 11.3 Å². The average Bonchev–Trinajstić information content (AvgIpc) is 2.95. The Labute approximate surface area is 99.6 Å². The SMILES string of the molecule is Clc1ccc(CNCCOCC2CC2)s1. The van der Waals surface area contributed by atoms with Gasteiger partial charge in [0.2, 0.25) is 0 Å². The minimum Gasteiger partial charge on any atom is -0.380 e. The first-order valence-corrected chi connectivity index (χ1v) is 6.57. The van der Waals surface area contributed by atoms with Crippen LogP contribution in [0.5, 0.6) is 0 Å². The molecular weight excluding hydrogens is 230 g/mol. The van der Waals surface area contributed by atoms with E-state index in [0.29, 0.717) is 0 Å². The second kappa shape index (κ2) is 5.85. The predicted molar refractivity (Wildman–Crippen MR) is 64.6 cm³/mol. The van der Waals surface area contributed by atoms with E-state index >= 15 is 0 Å². The summed E-state index contributed by atoms with van der Waals surface area (Å²) in [6, 6.07) is 4.00. The first-order chi connectivity index (χ1) is 7.34. The van der Waals surface area contributed by atoms with E-state index in [1.54, 1.807) is 11.3 Å². The molecule has 2 nitrogen and oxygen atoms in total. The molecule has 1 aromatic heterocycles. The molecule has 1 fully saturated rings. The molecule has 0 aromatic carbocycles. The van der Waals surface area contributed by atoms with Crippen LogP contribution in [0.25, 0.3) is 0 Å². The summed E-state index contributed by atoms with van der Waals surface area (Å²) in [5.74, 6) is 0.862. The Morgan fingerprint density at radius 2 is 2.33 bits per heavy atom. The van der Waals surface area contributed by atoms with Crippen LogP contribution in [0, 0.1) is 5.92 Å². The normalized spacial score (nSPS) is 15.8. The zero-order valence-electron chi connectivity index (χ0n) is 8.67. The smallest absolute Gasteiger partial charge is 0.0931 e. The molecule has 15 heavy (non-hydrogen) atoms. The molecule has 0 saturated heterocycles. The van der Waals surface area contributed by atoms with Crippen LogP contribution < -0.4 is 5.32 Å². The largest absolute Gasteiger partial charge is 0.380 e. The van der Waals surface area contributed by atoms with E-state index in [1.807, 2.05) is 6.07 Å². The summed E-state index contributed by atoms with van der Waals surface area (Å²) in [4.78, 5) is 1.28. The van der Waals surface area contributed by atoms with Crippen molar-refractivity contribution in [1.29, 1.82) is 0 Å². The van der Waals surface area contributed by atoms with Gasteiger partial charge in [0, 0.05) is 24.6 Å². The van der Waals surface area contributed by atoms with Crippen LogP contribution in [0.4, 0.5) is 0 Å². The maximum absolute atomic E-state index is 5.83. The lowest BCUT2D eigenvalue weighted by molar-refractivity contribution is 0.126. The fourth-order valence-corrected chi connectivity index (χ4v) is 2.39. The van der Waals surface area contributed by atoms with Gasteiger partial charge < -0.3 is 10.1 Å². The fraction of sp³-hybridized carbons (Fsp3) is 0.636. The molecule has 84 valence electrons. The average molecular weight is 246 g/mol. The Balaban J connectivity index is 1.47. The van der Waals surface area contributed by atoms with Crippen molar-refractivity contribution in [1.82, 2.24) is 5.32 Å². The van der Waals surface area contributed by atoms with Gasteiger partial charge in [-0.3, -0.25) is 0 Å². The lowest BCUT2D eigenvalue weighted by Crippen LogP contribution is -2.19. The number of hydrogen-bond donors (Lipinski definition) is 1. The van der Waals surface area contributed by atoms with E-state index < -0.39 is 0 Å². The Bertz CT molecular complexity index is 299. The molecule has 0 radical (unpaired) electrons. The highest BCUT2D eigenvalue weighted by Crippen LogP contribution is 2.28. The maximum atomic E-state index is 5.83. The first-order valence-electron chi connectivity index (χ1n) is 5.37. The second-order valence-electron chi connectivity index (χ2n) is 3.90. The summed E-state index contributed by atoms with van der Waals surface area (Å²) < 4.78 is 6.37. The van der Waals surface area contributed by atoms with E-state index in [0.717, 1.165) is 36.6 Å². The van der Waals surface area contributed by atoms with Gasteiger partial charge in [-0.05, 0) is 30.9 Å². The van der Waals surface area contributed by atoms with Crippen molar-refractivity contribution in [3.63, 3.8) is 0 Å². The van der Waals surface area contributed by atoms with Crippen molar-refractivity contribution in [2.75, 3.05) is 19.8 Å². The van der Waals surface area contributed by atoms with Crippen molar-refractivity contribution in [2.45, 2.75) is 19.4 Å². The monoisotopic (exact) mass is 245 g/mol. The highest BCUT2D eigenvalue weighted by molar-refractivity contribution is 7.16. The molecule has 0 aliphatic heterocycles. The van der Waals surface area contributed by atoms with Gasteiger partial charge in [-0.1, -0.05) is 11.6 Å². The second-order valence-corrected chi connectivity index (χ2v) is 5.70. The minimum atomic E-state index is 0.815. The van der Waals surface area contributed by atoms with Crippen molar-refractivity contribution >= 4 is 22.9 Å². The zero-order valence-corrected chi connectivity index (χ0v) is 10.2. The highest BCUT2D eigenvalue weighted by atomic mass is 35.5. The quantitative estimate of drug-likeness (QED) is 0.746. The predicted octanol–water partition coefficient (Wildman–Crippen LogP) is 2.92. The van der Waals surface area contributed by atoms with Crippen LogP contribution in [-0.4, -0.2) is 19.8 Å². The van der Waals surface area contributed by atoms with Gasteiger partial charge in [-0.15, -0.1) is 11.3 Å². The number of ether oxygens (including phenoxy) is 1. The molecule has 1 saturated carbocycles. The molecule has 1 N–H and O–H groups in total. The van der Waals surface area contributed by atoms with Gasteiger partial charge in [-0.2, -0.15) is 0 Å². The molecular formula is C11H16ClNOS. The topological polar surface area (TPSA) is 21.3 Å². The van der Waals surface area contributed by atoms with Crippen molar-refractivity contribution < 1.29 is 4.74 Å². The molecule has 0 bridgehead atoms. The first kappa shape index (κ1) is 11.4. The standard InChI is InChI=1S/C11H16ClNOS/c12-11-4-3-10(15-11)7-13-5-6-14-8-9-1-2-9/h3-4,9,13H,1-2,5-8H2. The van der Waals surface area contributed by atoms with Crippen LogP contribution in [0.15, 0.2) is 12.1 Å². The van der Waals surface area contributed by atoms with Crippen LogP contribution in [0.3, 0.4) is 0 Å². The van der Waals surface area contributed by atoms with Gasteiger partial charge in [0.05, 0.1) is 10.9 Å². The number of halogens is 1. The Morgan fingerprint density at radius 1 is 1.47 bits per heavy atom. The van der Waals surface area contributed by atoms with Crippen LogP contribution >= 0.6 is 22.9 Å². The van der Waals surface area contributed by atoms with E-state index in [1.165, 1.54) is 17.7 Å². The maximum Gasteiger partial charge on any atom is 0.0931 e. The number of thiophene rings is 1. The van der Waals surface area contributed by atoms with Crippen molar-refractivity contribution in [3.8, 4) is 0 Å². The Hall–Kier alpha value is -0.0900. The molecule has 0 spiro atoms. The van der Waals surface area contributed by atoms with Gasteiger partial charge in [-0.25, -0.2) is 0 Å². The summed E-state index contributed by atoms with van der Waals surface area (Å²) >= 11 is 7.46. The number of rotatable bonds is 7. The Morgan fingerprint density at radius 3 is 3.00 bits per heavy atom. The third kappa shape index (κ3) is 4.51. The molecule has 1 heterocycles. The lowest BCUT2D eigenvalue weighted by atomic mass is 10.4. The Kier molecular flexibility index (Phi) is 4.44. The molecule has 4 heteroatoms. The molecule has 0 amide bonds. The third-order valence-corrected chi connectivity index (χ3v) is 3.63. The highest BCUT2D eigenvalue weighted by Gasteiger charge is 2.20. The van der Waals surface area contributed by atoms with E-state index in [9.17, 15) is 0 Å². The van der Waals surface area contributed by atoms with Crippen molar-refractivity contribution in [2.24, 2.45) is 5.92 Å². The minimum absolute atomic E-state index is 0.815. The number of hydrogen-bond acceptors (Lipinski definition) is 3. The molecule has 1 aliphatic rings. The summed E-state index contributed by atoms with van der Waals surface area (Å²) in [5.41, 5.74) is 0. The molecule has 1 aromatic rings. The van der Waals surface area contributed by atoms with E-state index in [4.69, 9.17) is 16.3 Å². The lowest BCUT2D eigenvalue weighted by Gasteiger charge is -2.04. The zero-order chi connectivity index (χ0) is 10.5. The summed E-state index contributed by atoms with van der Waals surface area (Å²) in [6.45, 7) is 3.58. The molecule has 2 rings (SSSR count). The molecule has 1 aliphatic carbocycles. The van der Waals surface area contributed by atoms with E-state index in [-0.39, 0.29) is 0 Å². The fourth-order valence-electron chi connectivity index (χ4n) is 1.34. The van der Waals surface area contributed by atoms with Crippen molar-refractivity contribution in [3.05, 3.63) is 21.3 Å². The molecule has 0 unspecified atom stereocenters. The summed E-state index contributed by atoms with van der Waals surface area (Å²) in [7, 11) is 0. The summed E-state index contributed by atoms with van der Waals surface area (Å²) in [6.07, 6.45) is 2.72. The van der Waals surface area contributed by atoms with Gasteiger partial charge in [0.25, 0.3) is 0 Å². The van der Waals surface area contributed by atoms with Gasteiger partial charge in [0.1, 0.15) is 0 Å². The summed E-state index contributed by atoms with van der Waals surface area (Å²) in [5, 5.41) is 3.34. The van der Waals surface area contributed by atoms with E-state index in [2.05, 4.69) is 11.4 Å². The third-order valence-electron chi connectivity index (χ3n) is 2.40. The number of nitrogens with one attached hydrogen (secondary N) is 1. The van der Waals surface area contributed by atoms with Gasteiger partial charge in [0.15, 0.2) is 0 Å².